The average Bonchev–Trinajstić information content (AvgIpc) is 2.83. The van der Waals surface area contributed by atoms with Crippen LogP contribution in [0.25, 0.3) is 0 Å². The molecule has 0 saturated carbocycles. The van der Waals surface area contributed by atoms with E-state index in [0.29, 0.717) is 5.56 Å². The number of nitro benzene ring substituents is 1. The largest absolute Gasteiger partial charge is 0.466 e. The molecule has 34 heavy (non-hydrogen) atoms. The number of carbonyl (C=O) groups is 2. The molecule has 1 atom stereocenters. The molecule has 2 aromatic carbocycles. The van der Waals surface area contributed by atoms with Crippen LogP contribution in [-0.4, -0.2) is 31.1 Å². The highest BCUT2D eigenvalue weighted by atomic mass is 79.9. The van der Waals surface area contributed by atoms with Crippen LogP contribution in [0.15, 0.2) is 69.6 Å². The maximum absolute atomic E-state index is 14.6. The van der Waals surface area contributed by atoms with Crippen LogP contribution in [0.5, 0.6) is 0 Å². The van der Waals surface area contributed by atoms with Gasteiger partial charge in [-0.2, -0.15) is 9.65 Å². The van der Waals surface area contributed by atoms with E-state index in [2.05, 4.69) is 15.9 Å². The van der Waals surface area contributed by atoms with Gasteiger partial charge in [0.1, 0.15) is 17.2 Å². The summed E-state index contributed by atoms with van der Waals surface area (Å²) in [6, 6.07) is 12.1. The van der Waals surface area contributed by atoms with E-state index in [-0.39, 0.29) is 15.6 Å². The first kappa shape index (κ1) is 24.4. The lowest BCUT2D eigenvalue weighted by Gasteiger charge is -2.35. The van der Waals surface area contributed by atoms with E-state index in [4.69, 9.17) is 15.2 Å². The molecule has 0 aliphatic carbocycles. The first-order valence-corrected chi connectivity index (χ1v) is 10.3. The van der Waals surface area contributed by atoms with Crippen LogP contribution in [0.3, 0.4) is 0 Å². The Morgan fingerprint density at radius 3 is 2.32 bits per heavy atom. The van der Waals surface area contributed by atoms with Crippen LogP contribution in [0.1, 0.15) is 11.5 Å². The van der Waals surface area contributed by atoms with E-state index in [1.54, 1.807) is 30.3 Å². The number of benzene rings is 2. The lowest BCUT2D eigenvalue weighted by atomic mass is 9.81. The first-order chi connectivity index (χ1) is 16.2. The summed E-state index contributed by atoms with van der Waals surface area (Å²) in [6.07, 6.45) is 0. The van der Waals surface area contributed by atoms with E-state index in [9.17, 15) is 29.4 Å². The van der Waals surface area contributed by atoms with Crippen LogP contribution in [0, 0.1) is 27.3 Å². The van der Waals surface area contributed by atoms with E-state index in [0.717, 1.165) is 31.3 Å². The van der Waals surface area contributed by atoms with Gasteiger partial charge in [0, 0.05) is 4.47 Å². The monoisotopic (exact) mass is 530 g/mol. The number of esters is 2. The second kappa shape index (κ2) is 9.72. The third kappa shape index (κ3) is 3.97. The van der Waals surface area contributed by atoms with Crippen molar-refractivity contribution in [2.24, 2.45) is 5.73 Å². The average molecular weight is 531 g/mol. The smallest absolute Gasteiger partial charge is 0.355 e. The minimum Gasteiger partial charge on any atom is -0.466 e. The molecule has 10 nitrogen and oxygen atoms in total. The number of hydrogen-bond donors (Lipinski definition) is 1. The fourth-order valence-corrected chi connectivity index (χ4v) is 4.16. The molecular formula is C22H16BrFN4O6. The van der Waals surface area contributed by atoms with Crippen molar-refractivity contribution in [2.45, 2.75) is 5.92 Å². The Hall–Kier alpha value is -4.24. The van der Waals surface area contributed by atoms with E-state index in [1.165, 1.54) is 0 Å². The molecule has 0 bridgehead atoms. The van der Waals surface area contributed by atoms with E-state index < -0.39 is 51.5 Å². The highest BCUT2D eigenvalue weighted by Crippen LogP contribution is 2.47. The predicted octanol–water partition coefficient (Wildman–Crippen LogP) is 3.39. The summed E-state index contributed by atoms with van der Waals surface area (Å²) in [5.74, 6) is -4.97. The minimum atomic E-state index is -1.23. The van der Waals surface area contributed by atoms with Crippen molar-refractivity contribution in [3.63, 3.8) is 0 Å². The molecule has 2 N–H and O–H groups in total. The fourth-order valence-electron chi connectivity index (χ4n) is 3.66. The van der Waals surface area contributed by atoms with Crippen molar-refractivity contribution in [2.75, 3.05) is 19.1 Å². The van der Waals surface area contributed by atoms with Crippen molar-refractivity contribution in [3.05, 3.63) is 91.1 Å². The Labute approximate surface area is 200 Å². The number of carbonyl (C=O) groups excluding carboxylic acids is 2. The van der Waals surface area contributed by atoms with Crippen LogP contribution in [-0.2, 0) is 19.1 Å². The van der Waals surface area contributed by atoms with Gasteiger partial charge in [-0.25, -0.2) is 9.59 Å². The first-order valence-electron chi connectivity index (χ1n) is 9.47. The number of nitriles is 1. The zero-order valence-corrected chi connectivity index (χ0v) is 19.3. The second-order valence-corrected chi connectivity index (χ2v) is 7.67. The van der Waals surface area contributed by atoms with Gasteiger partial charge in [-0.15, -0.1) is 0 Å². The number of methoxy groups -OCH3 is 2. The molecule has 12 heteroatoms. The number of allylic oxidation sites excluding steroid dienone is 1. The highest BCUT2D eigenvalue weighted by Gasteiger charge is 2.45. The summed E-state index contributed by atoms with van der Waals surface area (Å²) < 4.78 is 24.3. The molecule has 1 aliphatic rings. The van der Waals surface area contributed by atoms with Gasteiger partial charge in [0.15, 0.2) is 0 Å². The van der Waals surface area contributed by atoms with E-state index >= 15 is 0 Å². The summed E-state index contributed by atoms with van der Waals surface area (Å²) in [6.45, 7) is 0. The predicted molar refractivity (Wildman–Crippen MR) is 120 cm³/mol. The van der Waals surface area contributed by atoms with Gasteiger partial charge >= 0.3 is 17.6 Å². The molecule has 0 saturated heterocycles. The number of rotatable bonds is 5. The maximum atomic E-state index is 14.6. The zero-order valence-electron chi connectivity index (χ0n) is 17.7. The van der Waals surface area contributed by atoms with Crippen LogP contribution in [0.2, 0.25) is 0 Å². The molecule has 1 unspecified atom stereocenters. The Balaban J connectivity index is 2.54. The summed E-state index contributed by atoms with van der Waals surface area (Å²) in [7, 11) is 2.08. The van der Waals surface area contributed by atoms with Gasteiger partial charge in [-0.05, 0) is 33.6 Å². The minimum absolute atomic E-state index is 0.0374. The van der Waals surface area contributed by atoms with Gasteiger partial charge in [0.2, 0.25) is 5.82 Å². The summed E-state index contributed by atoms with van der Waals surface area (Å²) in [4.78, 5) is 37.5. The normalized spacial score (nSPS) is 15.6. The van der Waals surface area contributed by atoms with Crippen molar-refractivity contribution in [1.82, 2.24) is 0 Å². The molecule has 0 aromatic heterocycles. The Morgan fingerprint density at radius 1 is 1.18 bits per heavy atom. The standard InChI is InChI=1S/C22H16BrFN4O6/c1-33-21(29)16-15(11-6-4-3-5-7-11)12(10-25)20(26)27(19(16)22(30)34-2)17-13(23)8-9-14(24)18(17)28(31)32/h3-9,15H,26H2,1-2H3. The Bertz CT molecular complexity index is 1300. The van der Waals surface area contributed by atoms with Gasteiger partial charge in [-0.1, -0.05) is 30.3 Å². The lowest BCUT2D eigenvalue weighted by molar-refractivity contribution is -0.386. The molecule has 2 aromatic rings. The fraction of sp³-hybridized carbons (Fsp3) is 0.136. The number of hydrogen-bond acceptors (Lipinski definition) is 9. The molecule has 174 valence electrons. The number of anilines is 1. The quantitative estimate of drug-likeness (QED) is 0.348. The SMILES string of the molecule is COC(=O)C1=C(C(=O)OC)N(c2c(Br)ccc(F)c2[N+](=O)[O-])C(N)=C(C#N)C1c1ccccc1. The lowest BCUT2D eigenvalue weighted by Crippen LogP contribution is -2.41. The summed E-state index contributed by atoms with van der Waals surface area (Å²) in [5, 5.41) is 21.8. The van der Waals surface area contributed by atoms with Gasteiger partial charge < -0.3 is 15.2 Å². The molecule has 0 fully saturated rings. The van der Waals surface area contributed by atoms with Gasteiger partial charge in [0.05, 0.1) is 42.3 Å². The van der Waals surface area contributed by atoms with Crippen LogP contribution in [0.4, 0.5) is 15.8 Å². The molecule has 1 heterocycles. The van der Waals surface area contributed by atoms with Crippen molar-refractivity contribution < 1.29 is 28.4 Å². The van der Waals surface area contributed by atoms with Crippen molar-refractivity contribution in [1.29, 1.82) is 5.26 Å². The second-order valence-electron chi connectivity index (χ2n) is 6.82. The highest BCUT2D eigenvalue weighted by molar-refractivity contribution is 9.10. The number of nitrogens with zero attached hydrogens (tertiary/aromatic N) is 3. The van der Waals surface area contributed by atoms with Crippen LogP contribution < -0.4 is 10.6 Å². The van der Waals surface area contributed by atoms with Gasteiger partial charge in [0.25, 0.3) is 0 Å². The van der Waals surface area contributed by atoms with Gasteiger partial charge in [-0.3, -0.25) is 15.0 Å². The number of ether oxygens (including phenoxy) is 2. The third-order valence-corrected chi connectivity index (χ3v) is 5.71. The molecule has 0 spiro atoms. The van der Waals surface area contributed by atoms with Crippen molar-refractivity contribution >= 4 is 39.2 Å². The summed E-state index contributed by atoms with van der Waals surface area (Å²) >= 11 is 3.12. The number of halogens is 2. The maximum Gasteiger partial charge on any atom is 0.355 e. The molecule has 1 aliphatic heterocycles. The molecule has 0 radical (unpaired) electrons. The number of nitro groups is 1. The topological polar surface area (TPSA) is 149 Å². The van der Waals surface area contributed by atoms with E-state index in [1.807, 2.05) is 6.07 Å². The zero-order chi connectivity index (χ0) is 25.2. The molecule has 3 rings (SSSR count). The third-order valence-electron chi connectivity index (χ3n) is 5.07. The number of nitrogens with two attached hydrogens (primary N) is 1. The van der Waals surface area contributed by atoms with Crippen molar-refractivity contribution in [3.8, 4) is 6.07 Å². The van der Waals surface area contributed by atoms with Crippen LogP contribution >= 0.6 is 15.9 Å². The molecule has 0 amide bonds. The summed E-state index contributed by atoms with van der Waals surface area (Å²) in [5.41, 5.74) is 4.01. The Morgan fingerprint density at radius 2 is 1.79 bits per heavy atom. The molecular weight excluding hydrogens is 515 g/mol. The Kier molecular flexibility index (Phi) is 6.97.